The second-order valence-corrected chi connectivity index (χ2v) is 8.19. The van der Waals surface area contributed by atoms with Gasteiger partial charge in [-0.15, -0.1) is 0 Å². The minimum atomic E-state index is -2.82. The third-order valence-electron chi connectivity index (χ3n) is 6.49. The molecule has 2 aliphatic carbocycles. The quantitative estimate of drug-likeness (QED) is 0.836. The summed E-state index contributed by atoms with van der Waals surface area (Å²) in [6.07, 6.45) is 1.45. The number of halogens is 2. The molecule has 1 aromatic heterocycles. The van der Waals surface area contributed by atoms with Crippen molar-refractivity contribution >= 4 is 17.5 Å². The Morgan fingerprint density at radius 2 is 2.00 bits per heavy atom. The van der Waals surface area contributed by atoms with Gasteiger partial charge in [0.1, 0.15) is 17.3 Å². The SMILES string of the molecule is CC(=O)CC1[C@H]2CN(c3nc(N4CC[C@@H]4C)nc4c3CC4(F)F)C[C@@H]12. The summed E-state index contributed by atoms with van der Waals surface area (Å²) in [7, 11) is 0. The van der Waals surface area contributed by atoms with Gasteiger partial charge in [0.25, 0.3) is 5.92 Å². The van der Waals surface area contributed by atoms with Crippen molar-refractivity contribution in [2.75, 3.05) is 29.4 Å². The average molecular weight is 348 g/mol. The topological polar surface area (TPSA) is 49.3 Å². The number of anilines is 2. The Labute approximate surface area is 145 Å². The number of ketones is 1. The first-order valence-corrected chi connectivity index (χ1v) is 9.15. The summed E-state index contributed by atoms with van der Waals surface area (Å²) in [6, 6.07) is 0.312. The number of hydrogen-bond donors (Lipinski definition) is 0. The van der Waals surface area contributed by atoms with Crippen LogP contribution < -0.4 is 9.80 Å². The molecule has 0 spiro atoms. The number of hydrogen-bond acceptors (Lipinski definition) is 5. The van der Waals surface area contributed by atoms with Crippen molar-refractivity contribution in [1.29, 1.82) is 0 Å². The minimum absolute atomic E-state index is 0.0764. The van der Waals surface area contributed by atoms with E-state index in [2.05, 4.69) is 21.8 Å². The van der Waals surface area contributed by atoms with Crippen LogP contribution in [0.3, 0.4) is 0 Å². The number of piperidine rings is 1. The third-order valence-corrected chi connectivity index (χ3v) is 6.49. The van der Waals surface area contributed by atoms with Gasteiger partial charge < -0.3 is 14.6 Å². The van der Waals surface area contributed by atoms with E-state index < -0.39 is 5.92 Å². The molecule has 4 aliphatic rings. The minimum Gasteiger partial charge on any atom is -0.356 e. The number of fused-ring (bicyclic) bond motifs is 2. The van der Waals surface area contributed by atoms with Crippen LogP contribution in [0.15, 0.2) is 0 Å². The average Bonchev–Trinajstić information content (AvgIpc) is 2.95. The van der Waals surface area contributed by atoms with Crippen LogP contribution in [-0.4, -0.2) is 41.4 Å². The van der Waals surface area contributed by atoms with Gasteiger partial charge in [-0.05, 0) is 38.0 Å². The van der Waals surface area contributed by atoms with Gasteiger partial charge in [-0.25, -0.2) is 4.98 Å². The highest BCUT2D eigenvalue weighted by Gasteiger charge is 2.57. The summed E-state index contributed by atoms with van der Waals surface area (Å²) in [6.45, 7) is 6.19. The highest BCUT2D eigenvalue weighted by Crippen LogP contribution is 2.56. The Bertz CT molecular complexity index is 756. The molecular formula is C18H22F2N4O. The summed E-state index contributed by atoms with van der Waals surface area (Å²) in [5.74, 6) is 0.0911. The van der Waals surface area contributed by atoms with E-state index in [1.54, 1.807) is 6.92 Å². The van der Waals surface area contributed by atoms with E-state index in [0.717, 1.165) is 26.1 Å². The number of alkyl halides is 2. The molecule has 1 unspecified atom stereocenters. The maximum atomic E-state index is 14.0. The van der Waals surface area contributed by atoms with Crippen LogP contribution in [0.4, 0.5) is 20.5 Å². The highest BCUT2D eigenvalue weighted by atomic mass is 19.3. The lowest BCUT2D eigenvalue weighted by molar-refractivity contribution is -0.117. The molecule has 1 aromatic rings. The molecule has 7 heteroatoms. The number of carbonyl (C=O) groups is 1. The van der Waals surface area contributed by atoms with Crippen molar-refractivity contribution in [3.05, 3.63) is 11.3 Å². The number of nitrogens with zero attached hydrogens (tertiary/aromatic N) is 4. The lowest BCUT2D eigenvalue weighted by atomic mass is 9.89. The summed E-state index contributed by atoms with van der Waals surface area (Å²) in [5, 5.41) is 0. The lowest BCUT2D eigenvalue weighted by Crippen LogP contribution is -2.48. The van der Waals surface area contributed by atoms with Crippen LogP contribution in [0.2, 0.25) is 0 Å². The molecule has 0 N–H and O–H groups in total. The van der Waals surface area contributed by atoms with Gasteiger partial charge in [0.15, 0.2) is 0 Å². The molecule has 5 rings (SSSR count). The Kier molecular flexibility index (Phi) is 3.02. The second kappa shape index (κ2) is 4.89. The number of carbonyl (C=O) groups excluding carboxylic acids is 1. The molecule has 5 nitrogen and oxygen atoms in total. The molecule has 0 amide bonds. The number of Topliss-reactive ketones (excluding diaryl/α,β-unsaturated/α-hetero) is 1. The first-order valence-electron chi connectivity index (χ1n) is 9.15. The Hall–Kier alpha value is -1.79. The van der Waals surface area contributed by atoms with Crippen molar-refractivity contribution in [2.45, 2.75) is 45.1 Å². The molecule has 2 aliphatic heterocycles. The van der Waals surface area contributed by atoms with E-state index in [0.29, 0.717) is 47.5 Å². The Balaban J connectivity index is 1.42. The first kappa shape index (κ1) is 15.5. The van der Waals surface area contributed by atoms with Gasteiger partial charge in [-0.2, -0.15) is 13.8 Å². The summed E-state index contributed by atoms with van der Waals surface area (Å²) in [5.41, 5.74) is 0.541. The Morgan fingerprint density at radius 3 is 2.52 bits per heavy atom. The maximum Gasteiger partial charge on any atom is 0.294 e. The maximum absolute atomic E-state index is 14.0. The van der Waals surface area contributed by atoms with Crippen molar-refractivity contribution in [2.24, 2.45) is 17.8 Å². The van der Waals surface area contributed by atoms with Gasteiger partial charge in [0.2, 0.25) is 5.95 Å². The zero-order valence-electron chi connectivity index (χ0n) is 14.5. The smallest absolute Gasteiger partial charge is 0.294 e. The van der Waals surface area contributed by atoms with Crippen molar-refractivity contribution in [3.63, 3.8) is 0 Å². The van der Waals surface area contributed by atoms with Crippen LogP contribution in [0.1, 0.15) is 37.9 Å². The van der Waals surface area contributed by atoms with Crippen molar-refractivity contribution in [1.82, 2.24) is 9.97 Å². The van der Waals surface area contributed by atoms with E-state index in [1.807, 2.05) is 4.90 Å². The molecule has 0 radical (unpaired) electrons. The fraction of sp³-hybridized carbons (Fsp3) is 0.722. The molecule has 0 aromatic carbocycles. The summed E-state index contributed by atoms with van der Waals surface area (Å²) >= 11 is 0. The first-order chi connectivity index (χ1) is 11.8. The predicted molar refractivity (Wildman–Crippen MR) is 89.0 cm³/mol. The van der Waals surface area contributed by atoms with Gasteiger partial charge in [0, 0.05) is 44.1 Å². The molecule has 3 fully saturated rings. The molecule has 3 heterocycles. The van der Waals surface area contributed by atoms with Gasteiger partial charge in [-0.3, -0.25) is 0 Å². The third kappa shape index (κ3) is 2.20. The molecule has 4 atom stereocenters. The number of aromatic nitrogens is 2. The van der Waals surface area contributed by atoms with Gasteiger partial charge in [-0.1, -0.05) is 0 Å². The standard InChI is InChI=1S/C18H22F2N4O/c1-9-3-4-24(9)17-21-15-12(6-18(15,19)20)16(22-17)23-7-13-11(5-10(2)25)14(13)8-23/h9,11,13-14H,3-8H2,1-2H3/t9-,11?,13-,14+/m0/s1. The molecule has 1 saturated carbocycles. The monoisotopic (exact) mass is 348 g/mol. The summed E-state index contributed by atoms with van der Waals surface area (Å²) in [4.78, 5) is 24.4. The fourth-order valence-electron chi connectivity index (χ4n) is 4.79. The normalized spacial score (nSPS) is 34.1. The van der Waals surface area contributed by atoms with E-state index in [1.165, 1.54) is 0 Å². The zero-order chi connectivity index (χ0) is 17.5. The number of rotatable bonds is 4. The molecule has 0 bridgehead atoms. The van der Waals surface area contributed by atoms with E-state index in [9.17, 15) is 13.6 Å². The zero-order valence-corrected chi connectivity index (χ0v) is 14.5. The fourth-order valence-corrected chi connectivity index (χ4v) is 4.79. The highest BCUT2D eigenvalue weighted by molar-refractivity contribution is 5.76. The second-order valence-electron chi connectivity index (χ2n) is 8.19. The van der Waals surface area contributed by atoms with Crippen LogP contribution >= 0.6 is 0 Å². The summed E-state index contributed by atoms with van der Waals surface area (Å²) < 4.78 is 28.0. The Morgan fingerprint density at radius 1 is 1.28 bits per heavy atom. The molecule has 25 heavy (non-hydrogen) atoms. The van der Waals surface area contributed by atoms with Crippen LogP contribution in [0.25, 0.3) is 0 Å². The van der Waals surface area contributed by atoms with Crippen LogP contribution in [0.5, 0.6) is 0 Å². The van der Waals surface area contributed by atoms with E-state index in [4.69, 9.17) is 0 Å². The molecule has 134 valence electrons. The largest absolute Gasteiger partial charge is 0.356 e. The lowest BCUT2D eigenvalue weighted by Gasteiger charge is -2.41. The van der Waals surface area contributed by atoms with Crippen LogP contribution in [0, 0.1) is 17.8 Å². The van der Waals surface area contributed by atoms with Gasteiger partial charge in [0.05, 0.1) is 0 Å². The van der Waals surface area contributed by atoms with E-state index >= 15 is 0 Å². The predicted octanol–water partition coefficient (Wildman–Crippen LogP) is 2.38. The van der Waals surface area contributed by atoms with Crippen molar-refractivity contribution in [3.8, 4) is 0 Å². The van der Waals surface area contributed by atoms with Crippen molar-refractivity contribution < 1.29 is 13.6 Å². The molecule has 2 saturated heterocycles. The van der Waals surface area contributed by atoms with E-state index in [-0.39, 0.29) is 17.9 Å². The van der Waals surface area contributed by atoms with Crippen LogP contribution in [-0.2, 0) is 17.1 Å². The molecular weight excluding hydrogens is 326 g/mol. The van der Waals surface area contributed by atoms with Gasteiger partial charge >= 0.3 is 0 Å².